The standard InChI is InChI=1S/C19H14N4O5/c1-27-18(25)12-7-8-13-14(9-12)20-15(21-17(13)24)10-23-16(22-28-19(23)26)11-5-3-2-4-6-11/h2-9H,10H2,1H3,(H,20,21,24). The van der Waals surface area contributed by atoms with Gasteiger partial charge in [0.1, 0.15) is 5.82 Å². The number of H-pyrrole nitrogens is 1. The molecule has 2 heterocycles. The molecule has 2 aromatic heterocycles. The predicted octanol–water partition coefficient (Wildman–Crippen LogP) is 1.57. The number of hydrogen-bond acceptors (Lipinski definition) is 7. The fraction of sp³-hybridized carbons (Fsp3) is 0.105. The van der Waals surface area contributed by atoms with Crippen LogP contribution in [0.2, 0.25) is 0 Å². The van der Waals surface area contributed by atoms with E-state index >= 15 is 0 Å². The van der Waals surface area contributed by atoms with Gasteiger partial charge in [0, 0.05) is 5.56 Å². The first-order chi connectivity index (χ1) is 13.6. The Bertz CT molecular complexity index is 1290. The molecule has 0 spiro atoms. The summed E-state index contributed by atoms with van der Waals surface area (Å²) < 4.78 is 10.7. The number of nitrogens with zero attached hydrogens (tertiary/aromatic N) is 3. The molecule has 28 heavy (non-hydrogen) atoms. The van der Waals surface area contributed by atoms with E-state index in [1.54, 1.807) is 12.1 Å². The van der Waals surface area contributed by atoms with E-state index in [4.69, 9.17) is 9.26 Å². The number of benzene rings is 2. The molecule has 140 valence electrons. The minimum atomic E-state index is -0.676. The van der Waals surface area contributed by atoms with Crippen LogP contribution < -0.4 is 11.3 Å². The molecular formula is C19H14N4O5. The number of ether oxygens (including phenoxy) is 1. The summed E-state index contributed by atoms with van der Waals surface area (Å²) in [5.74, 6) is -0.671. The molecule has 0 amide bonds. The third-order valence-electron chi connectivity index (χ3n) is 4.20. The molecule has 4 aromatic rings. The highest BCUT2D eigenvalue weighted by atomic mass is 16.5. The summed E-state index contributed by atoms with van der Waals surface area (Å²) in [6.45, 7) is -0.0554. The van der Waals surface area contributed by atoms with Gasteiger partial charge in [-0.2, -0.15) is 0 Å². The number of nitrogens with one attached hydrogen (secondary N) is 1. The van der Waals surface area contributed by atoms with Crippen molar-refractivity contribution in [1.29, 1.82) is 0 Å². The number of esters is 1. The highest BCUT2D eigenvalue weighted by Crippen LogP contribution is 2.16. The van der Waals surface area contributed by atoms with Crippen LogP contribution in [0.4, 0.5) is 0 Å². The quantitative estimate of drug-likeness (QED) is 0.535. The molecule has 0 saturated heterocycles. The van der Waals surface area contributed by atoms with Crippen LogP contribution in [0.5, 0.6) is 0 Å². The zero-order valence-electron chi connectivity index (χ0n) is 14.7. The summed E-state index contributed by atoms with van der Waals surface area (Å²) in [6.07, 6.45) is 0. The van der Waals surface area contributed by atoms with Crippen LogP contribution in [0.15, 0.2) is 62.6 Å². The molecule has 0 fully saturated rings. The first-order valence-electron chi connectivity index (χ1n) is 8.30. The largest absolute Gasteiger partial charge is 0.465 e. The van der Waals surface area contributed by atoms with E-state index in [-0.39, 0.29) is 23.5 Å². The number of fused-ring (bicyclic) bond motifs is 1. The van der Waals surface area contributed by atoms with Crippen LogP contribution in [0.3, 0.4) is 0 Å². The van der Waals surface area contributed by atoms with Crippen LogP contribution in [0, 0.1) is 0 Å². The Balaban J connectivity index is 1.79. The molecular weight excluding hydrogens is 364 g/mol. The highest BCUT2D eigenvalue weighted by Gasteiger charge is 2.15. The summed E-state index contributed by atoms with van der Waals surface area (Å²) in [4.78, 5) is 43.2. The lowest BCUT2D eigenvalue weighted by molar-refractivity contribution is 0.0601. The molecule has 1 N–H and O–H groups in total. The van der Waals surface area contributed by atoms with Gasteiger partial charge in [-0.15, -0.1) is 0 Å². The van der Waals surface area contributed by atoms with Crippen molar-refractivity contribution in [2.24, 2.45) is 0 Å². The second kappa shape index (κ2) is 6.95. The number of methoxy groups -OCH3 is 1. The monoisotopic (exact) mass is 378 g/mol. The molecule has 0 aliphatic rings. The average molecular weight is 378 g/mol. The van der Waals surface area contributed by atoms with E-state index in [0.717, 1.165) is 0 Å². The fourth-order valence-electron chi connectivity index (χ4n) is 2.86. The average Bonchev–Trinajstić information content (AvgIpc) is 3.08. The minimum Gasteiger partial charge on any atom is -0.465 e. The Morgan fingerprint density at radius 3 is 2.71 bits per heavy atom. The van der Waals surface area contributed by atoms with Gasteiger partial charge < -0.3 is 9.72 Å². The molecule has 0 saturated carbocycles. The molecule has 9 nitrogen and oxygen atoms in total. The molecule has 9 heteroatoms. The molecule has 0 bridgehead atoms. The van der Waals surface area contributed by atoms with Crippen LogP contribution in [0.25, 0.3) is 22.3 Å². The topological polar surface area (TPSA) is 120 Å². The molecule has 4 rings (SSSR count). The van der Waals surface area contributed by atoms with Gasteiger partial charge in [0.2, 0.25) is 0 Å². The molecule has 0 unspecified atom stereocenters. The Morgan fingerprint density at radius 1 is 1.18 bits per heavy atom. The third-order valence-corrected chi connectivity index (χ3v) is 4.20. The van der Waals surface area contributed by atoms with Crippen LogP contribution in [-0.2, 0) is 11.3 Å². The maximum atomic E-state index is 12.4. The van der Waals surface area contributed by atoms with Crippen molar-refractivity contribution in [2.45, 2.75) is 6.54 Å². The van der Waals surface area contributed by atoms with Gasteiger partial charge in [0.05, 0.1) is 30.1 Å². The maximum absolute atomic E-state index is 12.4. The normalized spacial score (nSPS) is 10.9. The number of hydrogen-bond donors (Lipinski definition) is 1. The number of rotatable bonds is 4. The Labute approximate surface area is 157 Å². The summed E-state index contributed by atoms with van der Waals surface area (Å²) in [6, 6.07) is 13.5. The number of aromatic amines is 1. The summed E-state index contributed by atoms with van der Waals surface area (Å²) >= 11 is 0. The molecule has 0 aliphatic heterocycles. The molecule has 0 aliphatic carbocycles. The van der Waals surface area contributed by atoms with Gasteiger partial charge in [-0.05, 0) is 18.2 Å². The lowest BCUT2D eigenvalue weighted by atomic mass is 10.1. The van der Waals surface area contributed by atoms with Gasteiger partial charge >= 0.3 is 11.7 Å². The zero-order valence-corrected chi connectivity index (χ0v) is 14.7. The predicted molar refractivity (Wildman–Crippen MR) is 99.0 cm³/mol. The lowest BCUT2D eigenvalue weighted by Crippen LogP contribution is -2.21. The third kappa shape index (κ3) is 3.09. The zero-order chi connectivity index (χ0) is 19.7. The van der Waals surface area contributed by atoms with Crippen molar-refractivity contribution in [2.75, 3.05) is 7.11 Å². The van der Waals surface area contributed by atoms with Crippen molar-refractivity contribution >= 4 is 16.9 Å². The Kier molecular flexibility index (Phi) is 4.32. The van der Waals surface area contributed by atoms with Crippen LogP contribution in [0.1, 0.15) is 16.2 Å². The maximum Gasteiger partial charge on any atom is 0.442 e. The highest BCUT2D eigenvalue weighted by molar-refractivity contribution is 5.93. The Hall–Kier alpha value is -4.01. The minimum absolute atomic E-state index is 0.0554. The van der Waals surface area contributed by atoms with Crippen molar-refractivity contribution in [1.82, 2.24) is 19.7 Å². The van der Waals surface area contributed by atoms with E-state index in [2.05, 4.69) is 15.1 Å². The van der Waals surface area contributed by atoms with E-state index in [1.807, 2.05) is 18.2 Å². The SMILES string of the molecule is COC(=O)c1ccc2c(=O)[nH]c(Cn3c(-c4ccccc4)noc3=O)nc2c1. The smallest absolute Gasteiger partial charge is 0.442 e. The van der Waals surface area contributed by atoms with Gasteiger partial charge in [0.15, 0.2) is 5.82 Å². The van der Waals surface area contributed by atoms with Crippen molar-refractivity contribution < 1.29 is 14.1 Å². The number of carbonyl (C=O) groups is 1. The fourth-order valence-corrected chi connectivity index (χ4v) is 2.86. The lowest BCUT2D eigenvalue weighted by Gasteiger charge is -2.06. The van der Waals surface area contributed by atoms with Crippen molar-refractivity contribution in [3.63, 3.8) is 0 Å². The van der Waals surface area contributed by atoms with Gasteiger partial charge in [-0.25, -0.2) is 19.1 Å². The van der Waals surface area contributed by atoms with Gasteiger partial charge in [-0.3, -0.25) is 9.32 Å². The second-order valence-electron chi connectivity index (χ2n) is 5.96. The van der Waals surface area contributed by atoms with E-state index in [9.17, 15) is 14.4 Å². The molecule has 0 radical (unpaired) electrons. The second-order valence-corrected chi connectivity index (χ2v) is 5.96. The summed E-state index contributed by atoms with van der Waals surface area (Å²) in [5, 5.41) is 4.13. The molecule has 0 atom stereocenters. The number of aromatic nitrogens is 4. The van der Waals surface area contributed by atoms with Crippen molar-refractivity contribution in [3.8, 4) is 11.4 Å². The van der Waals surface area contributed by atoms with Crippen molar-refractivity contribution in [3.05, 3.63) is 80.8 Å². The van der Waals surface area contributed by atoms with Crippen LogP contribution >= 0.6 is 0 Å². The van der Waals surface area contributed by atoms with Crippen LogP contribution in [-0.4, -0.2) is 32.8 Å². The summed E-state index contributed by atoms with van der Waals surface area (Å²) in [7, 11) is 1.27. The first-order valence-corrected chi connectivity index (χ1v) is 8.30. The van der Waals surface area contributed by atoms with E-state index in [1.165, 1.54) is 29.9 Å². The summed E-state index contributed by atoms with van der Waals surface area (Å²) in [5.41, 5.74) is 0.880. The van der Waals surface area contributed by atoms with E-state index < -0.39 is 11.7 Å². The molecule has 2 aromatic carbocycles. The first kappa shape index (κ1) is 17.4. The number of carbonyl (C=O) groups excluding carboxylic acids is 1. The Morgan fingerprint density at radius 2 is 1.96 bits per heavy atom. The van der Waals surface area contributed by atoms with Gasteiger partial charge in [0.25, 0.3) is 5.56 Å². The van der Waals surface area contributed by atoms with E-state index in [0.29, 0.717) is 22.3 Å². The van der Waals surface area contributed by atoms with Gasteiger partial charge in [-0.1, -0.05) is 35.5 Å².